The minimum absolute atomic E-state index is 0.0236. The molecule has 4 aromatic rings. The highest BCUT2D eigenvalue weighted by Crippen LogP contribution is 2.32. The molecule has 0 spiro atoms. The monoisotopic (exact) mass is 490 g/mol. The Bertz CT molecular complexity index is 1550. The quantitative estimate of drug-likeness (QED) is 0.291. The summed E-state index contributed by atoms with van der Waals surface area (Å²) in [6.45, 7) is 1.36. The van der Waals surface area contributed by atoms with Gasteiger partial charge in [-0.3, -0.25) is 4.79 Å². The number of benzene rings is 2. The van der Waals surface area contributed by atoms with Crippen molar-refractivity contribution in [2.45, 2.75) is 45.1 Å². The first-order valence-electron chi connectivity index (χ1n) is 11.8. The van der Waals surface area contributed by atoms with Crippen LogP contribution in [0.25, 0.3) is 21.9 Å². The number of H-pyrrole nitrogens is 1. The number of carbonyl (C=O) groups is 2. The van der Waals surface area contributed by atoms with Crippen LogP contribution in [0, 0.1) is 6.92 Å². The van der Waals surface area contributed by atoms with E-state index in [9.17, 15) is 24.6 Å². The van der Waals surface area contributed by atoms with Crippen molar-refractivity contribution < 1.29 is 29.0 Å². The van der Waals surface area contributed by atoms with Crippen molar-refractivity contribution in [3.63, 3.8) is 0 Å². The van der Waals surface area contributed by atoms with Gasteiger partial charge in [0.1, 0.15) is 23.1 Å². The third-order valence-electron chi connectivity index (χ3n) is 6.76. The molecular formula is C27H26N2O7. The number of carboxylic acids is 1. The molecule has 0 fully saturated rings. The zero-order valence-corrected chi connectivity index (χ0v) is 19.7. The average molecular weight is 491 g/mol. The van der Waals surface area contributed by atoms with Gasteiger partial charge in [-0.25, -0.2) is 9.59 Å². The molecule has 2 aromatic heterocycles. The number of hydrogen-bond acceptors (Lipinski definition) is 6. The number of ether oxygens (including phenoxy) is 1. The van der Waals surface area contributed by atoms with E-state index in [-0.39, 0.29) is 17.8 Å². The summed E-state index contributed by atoms with van der Waals surface area (Å²) in [6, 6.07) is 7.17. The molecule has 36 heavy (non-hydrogen) atoms. The van der Waals surface area contributed by atoms with Crippen molar-refractivity contribution in [1.82, 2.24) is 10.3 Å². The molecule has 0 unspecified atom stereocenters. The average Bonchev–Trinajstić information content (AvgIpc) is 3.25. The maximum atomic E-state index is 12.6. The summed E-state index contributed by atoms with van der Waals surface area (Å²) in [5.74, 6) is -1.34. The zero-order valence-electron chi connectivity index (χ0n) is 19.7. The maximum Gasteiger partial charge on any atom is 0.339 e. The molecule has 2 heterocycles. The number of phenolic OH excluding ortho intramolecular Hbond substituents is 1. The number of phenols is 1. The Hall–Kier alpha value is -4.27. The standard InChI is InChI=1S/C27H26N2O7/c1-14-23(9-7-18-17-4-2-3-5-19(17)27(34)36-25(14)18)35-13-24(31)29-22(26(32)33)10-15-12-28-21-8-6-16(30)11-20(15)21/h6-9,11-12,22,28,30H,2-5,10,13H2,1H3,(H,29,31)(H,32,33)/t22-/m1/s1. The fourth-order valence-corrected chi connectivity index (χ4v) is 4.92. The molecule has 9 heteroatoms. The molecule has 0 aliphatic heterocycles. The minimum atomic E-state index is -1.19. The number of rotatable bonds is 7. The van der Waals surface area contributed by atoms with Crippen LogP contribution >= 0.6 is 0 Å². The SMILES string of the molecule is Cc1c(OCC(=O)N[C@H](Cc2c[nH]c3ccc(O)cc23)C(=O)O)ccc2c3c(c(=O)oc12)CCCC3. The van der Waals surface area contributed by atoms with Gasteiger partial charge < -0.3 is 29.7 Å². The Morgan fingerprint density at radius 2 is 1.92 bits per heavy atom. The highest BCUT2D eigenvalue weighted by atomic mass is 16.5. The number of aromatic nitrogens is 1. The Morgan fingerprint density at radius 3 is 2.69 bits per heavy atom. The van der Waals surface area contributed by atoms with Gasteiger partial charge in [-0.1, -0.05) is 0 Å². The number of aromatic amines is 1. The van der Waals surface area contributed by atoms with Crippen LogP contribution in [-0.4, -0.2) is 39.7 Å². The van der Waals surface area contributed by atoms with Crippen molar-refractivity contribution in [3.05, 3.63) is 69.2 Å². The number of aryl methyl sites for hydroxylation is 2. The van der Waals surface area contributed by atoms with E-state index in [1.165, 1.54) is 6.07 Å². The summed E-state index contributed by atoms with van der Waals surface area (Å²) >= 11 is 0. The third kappa shape index (κ3) is 4.39. The van der Waals surface area contributed by atoms with Crippen LogP contribution in [0.2, 0.25) is 0 Å². The topological polar surface area (TPSA) is 142 Å². The van der Waals surface area contributed by atoms with Crippen molar-refractivity contribution >= 4 is 33.7 Å². The summed E-state index contributed by atoms with van der Waals surface area (Å²) in [5.41, 5.74) is 3.90. The molecule has 0 saturated heterocycles. The molecule has 186 valence electrons. The predicted molar refractivity (Wildman–Crippen MR) is 133 cm³/mol. The first-order valence-corrected chi connectivity index (χ1v) is 11.8. The van der Waals surface area contributed by atoms with Gasteiger partial charge in [0.05, 0.1) is 0 Å². The number of nitrogens with one attached hydrogen (secondary N) is 2. The number of aliphatic carboxylic acids is 1. The van der Waals surface area contributed by atoms with E-state index in [4.69, 9.17) is 9.15 Å². The molecular weight excluding hydrogens is 464 g/mol. The van der Waals surface area contributed by atoms with Gasteiger partial charge in [0.2, 0.25) is 0 Å². The largest absolute Gasteiger partial charge is 0.508 e. The molecule has 0 bridgehead atoms. The van der Waals surface area contributed by atoms with Gasteiger partial charge in [-0.15, -0.1) is 0 Å². The lowest BCUT2D eigenvalue weighted by Gasteiger charge is -2.18. The molecule has 5 rings (SSSR count). The van der Waals surface area contributed by atoms with E-state index in [1.807, 2.05) is 6.07 Å². The van der Waals surface area contributed by atoms with E-state index in [0.717, 1.165) is 47.7 Å². The van der Waals surface area contributed by atoms with Gasteiger partial charge in [0, 0.05) is 40.0 Å². The summed E-state index contributed by atoms with van der Waals surface area (Å²) in [7, 11) is 0. The van der Waals surface area contributed by atoms with Crippen molar-refractivity contribution in [2.24, 2.45) is 0 Å². The van der Waals surface area contributed by atoms with E-state index in [1.54, 1.807) is 31.3 Å². The Balaban J connectivity index is 1.30. The zero-order chi connectivity index (χ0) is 25.4. The lowest BCUT2D eigenvalue weighted by atomic mass is 9.90. The second kappa shape index (κ2) is 9.41. The van der Waals surface area contributed by atoms with Gasteiger partial charge in [0.15, 0.2) is 6.61 Å². The molecule has 0 saturated carbocycles. The summed E-state index contributed by atoms with van der Waals surface area (Å²) in [6.07, 6.45) is 5.22. The minimum Gasteiger partial charge on any atom is -0.508 e. The molecule has 2 aromatic carbocycles. The van der Waals surface area contributed by atoms with Crippen molar-refractivity contribution in [2.75, 3.05) is 6.61 Å². The van der Waals surface area contributed by atoms with Gasteiger partial charge in [-0.2, -0.15) is 0 Å². The van der Waals surface area contributed by atoms with Gasteiger partial charge >= 0.3 is 11.6 Å². The fourth-order valence-electron chi connectivity index (χ4n) is 4.92. The van der Waals surface area contributed by atoms with E-state index in [0.29, 0.717) is 27.8 Å². The first-order chi connectivity index (χ1) is 17.3. The Morgan fingerprint density at radius 1 is 1.14 bits per heavy atom. The van der Waals surface area contributed by atoms with Crippen LogP contribution in [-0.2, 0) is 28.9 Å². The normalized spacial score (nSPS) is 13.9. The van der Waals surface area contributed by atoms with Crippen LogP contribution in [0.15, 0.2) is 45.7 Å². The number of hydrogen-bond donors (Lipinski definition) is 4. The highest BCUT2D eigenvalue weighted by Gasteiger charge is 2.23. The molecule has 4 N–H and O–H groups in total. The Labute approximate surface area is 205 Å². The molecule has 1 amide bonds. The molecule has 9 nitrogen and oxygen atoms in total. The van der Waals surface area contributed by atoms with Crippen LogP contribution in [0.3, 0.4) is 0 Å². The van der Waals surface area contributed by atoms with E-state index >= 15 is 0 Å². The van der Waals surface area contributed by atoms with Gasteiger partial charge in [0.25, 0.3) is 5.91 Å². The number of fused-ring (bicyclic) bond motifs is 4. The summed E-state index contributed by atoms with van der Waals surface area (Å²) < 4.78 is 11.3. The molecule has 1 atom stereocenters. The summed E-state index contributed by atoms with van der Waals surface area (Å²) in [4.78, 5) is 39.9. The molecule has 1 aliphatic rings. The van der Waals surface area contributed by atoms with Crippen LogP contribution in [0.1, 0.15) is 35.1 Å². The number of aromatic hydroxyl groups is 1. The highest BCUT2D eigenvalue weighted by molar-refractivity contribution is 5.88. The molecule has 1 aliphatic carbocycles. The number of carbonyl (C=O) groups excluding carboxylic acids is 1. The van der Waals surface area contributed by atoms with E-state index in [2.05, 4.69) is 10.3 Å². The lowest BCUT2D eigenvalue weighted by molar-refractivity contribution is -0.142. The fraction of sp³-hybridized carbons (Fsp3) is 0.296. The number of amides is 1. The van der Waals surface area contributed by atoms with Crippen molar-refractivity contribution in [3.8, 4) is 11.5 Å². The second-order valence-electron chi connectivity index (χ2n) is 9.11. The predicted octanol–water partition coefficient (Wildman–Crippen LogP) is 3.36. The summed E-state index contributed by atoms with van der Waals surface area (Å²) in [5, 5.41) is 23.5. The third-order valence-corrected chi connectivity index (χ3v) is 6.76. The number of carboxylic acid groups (broad SMARTS) is 1. The van der Waals surface area contributed by atoms with E-state index < -0.39 is 24.5 Å². The first kappa shape index (κ1) is 23.5. The van der Waals surface area contributed by atoms with Gasteiger partial charge in [-0.05, 0) is 74.1 Å². The van der Waals surface area contributed by atoms with Crippen LogP contribution in [0.4, 0.5) is 0 Å². The Kier molecular flexibility index (Phi) is 6.13. The lowest BCUT2D eigenvalue weighted by Crippen LogP contribution is -2.44. The second-order valence-corrected chi connectivity index (χ2v) is 9.11. The molecule has 0 radical (unpaired) electrons. The smallest absolute Gasteiger partial charge is 0.339 e. The van der Waals surface area contributed by atoms with Crippen molar-refractivity contribution in [1.29, 1.82) is 0 Å². The van der Waals surface area contributed by atoms with Crippen LogP contribution in [0.5, 0.6) is 11.5 Å². The van der Waals surface area contributed by atoms with Crippen LogP contribution < -0.4 is 15.7 Å². The maximum absolute atomic E-state index is 12.6.